The van der Waals surface area contributed by atoms with Crippen molar-refractivity contribution in [1.29, 1.82) is 0 Å². The van der Waals surface area contributed by atoms with Gasteiger partial charge in [0.15, 0.2) is 0 Å². The molecule has 0 aliphatic carbocycles. The summed E-state index contributed by atoms with van der Waals surface area (Å²) in [5.41, 5.74) is 1.92. The molecule has 0 spiro atoms. The predicted octanol–water partition coefficient (Wildman–Crippen LogP) is 5.68. The molecule has 128 valence electrons. The lowest BCUT2D eigenvalue weighted by atomic mass is 10.0. The summed E-state index contributed by atoms with van der Waals surface area (Å²) in [6.45, 7) is 0.287. The number of fused-ring (bicyclic) bond motifs is 1. The normalized spacial score (nSPS) is 16.0. The monoisotopic (exact) mass is 471 g/mol. The van der Waals surface area contributed by atoms with Gasteiger partial charge >= 0.3 is 0 Å². The Labute approximate surface area is 169 Å². The fourth-order valence-electron chi connectivity index (χ4n) is 2.97. The number of carbonyl (C=O) groups is 2. The van der Waals surface area contributed by atoms with Crippen molar-refractivity contribution in [3.05, 3.63) is 86.3 Å². The minimum Gasteiger partial charge on any atom is -0.268 e. The van der Waals surface area contributed by atoms with Gasteiger partial charge < -0.3 is 0 Å². The fraction of sp³-hybridized carbons (Fsp3) is 0.0476. The van der Waals surface area contributed by atoms with Crippen LogP contribution in [0.1, 0.15) is 11.1 Å². The van der Waals surface area contributed by atoms with Gasteiger partial charge in [-0.15, -0.1) is 0 Å². The van der Waals surface area contributed by atoms with E-state index in [9.17, 15) is 9.59 Å². The van der Waals surface area contributed by atoms with Crippen LogP contribution in [-0.2, 0) is 11.3 Å². The van der Waals surface area contributed by atoms with Crippen LogP contribution in [0.2, 0.25) is 0 Å². The van der Waals surface area contributed by atoms with Gasteiger partial charge in [-0.25, -0.2) is 0 Å². The van der Waals surface area contributed by atoms with E-state index in [0.717, 1.165) is 37.2 Å². The maximum absolute atomic E-state index is 12.8. The molecule has 4 rings (SSSR count). The molecule has 2 amide bonds. The summed E-state index contributed by atoms with van der Waals surface area (Å²) in [5.74, 6) is -0.229. The highest BCUT2D eigenvalue weighted by molar-refractivity contribution is 14.1. The molecule has 3 aromatic carbocycles. The van der Waals surface area contributed by atoms with Crippen LogP contribution in [0.15, 0.2) is 71.6 Å². The van der Waals surface area contributed by atoms with Crippen LogP contribution >= 0.6 is 34.4 Å². The highest BCUT2D eigenvalue weighted by Crippen LogP contribution is 2.34. The summed E-state index contributed by atoms with van der Waals surface area (Å²) in [5, 5.41) is 1.95. The zero-order valence-corrected chi connectivity index (χ0v) is 16.7. The van der Waals surface area contributed by atoms with Crippen LogP contribution in [0.3, 0.4) is 0 Å². The van der Waals surface area contributed by atoms with E-state index < -0.39 is 0 Å². The molecule has 0 unspecified atom stereocenters. The van der Waals surface area contributed by atoms with Crippen molar-refractivity contribution >= 4 is 62.3 Å². The Morgan fingerprint density at radius 3 is 2.50 bits per heavy atom. The first kappa shape index (κ1) is 17.3. The second kappa shape index (κ2) is 7.25. The van der Waals surface area contributed by atoms with E-state index in [1.165, 1.54) is 4.90 Å². The second-order valence-corrected chi connectivity index (χ2v) is 8.08. The van der Waals surface area contributed by atoms with Gasteiger partial charge in [-0.2, -0.15) is 0 Å². The molecule has 3 aromatic rings. The van der Waals surface area contributed by atoms with Crippen molar-refractivity contribution in [1.82, 2.24) is 4.90 Å². The largest absolute Gasteiger partial charge is 0.293 e. The second-order valence-electron chi connectivity index (χ2n) is 5.93. The number of hydrogen-bond acceptors (Lipinski definition) is 3. The molecule has 1 heterocycles. The highest BCUT2D eigenvalue weighted by atomic mass is 127. The molecule has 0 bridgehead atoms. The Morgan fingerprint density at radius 2 is 1.65 bits per heavy atom. The molecule has 0 radical (unpaired) electrons. The summed E-state index contributed by atoms with van der Waals surface area (Å²) in [6.07, 6.45) is 1.80. The van der Waals surface area contributed by atoms with Crippen molar-refractivity contribution in [2.45, 2.75) is 6.54 Å². The van der Waals surface area contributed by atoms with E-state index in [1.807, 2.05) is 66.7 Å². The minimum absolute atomic E-state index is 0.222. The van der Waals surface area contributed by atoms with E-state index >= 15 is 0 Å². The third-order valence-electron chi connectivity index (χ3n) is 4.27. The lowest BCUT2D eigenvalue weighted by Gasteiger charge is -2.14. The maximum atomic E-state index is 12.8. The Kier molecular flexibility index (Phi) is 4.82. The van der Waals surface area contributed by atoms with Gasteiger partial charge in [0.1, 0.15) is 0 Å². The third kappa shape index (κ3) is 3.29. The Balaban J connectivity index is 1.65. The van der Waals surface area contributed by atoms with Crippen LogP contribution in [0, 0.1) is 3.57 Å². The molecule has 1 fully saturated rings. The number of rotatable bonds is 3. The summed E-state index contributed by atoms with van der Waals surface area (Å²) in [4.78, 5) is 27.0. The maximum Gasteiger partial charge on any atom is 0.293 e. The van der Waals surface area contributed by atoms with E-state index in [-0.39, 0.29) is 17.7 Å². The summed E-state index contributed by atoms with van der Waals surface area (Å²) >= 11 is 3.23. The first-order valence-corrected chi connectivity index (χ1v) is 9.99. The van der Waals surface area contributed by atoms with Crippen LogP contribution in [-0.4, -0.2) is 16.0 Å². The molecular weight excluding hydrogens is 457 g/mol. The van der Waals surface area contributed by atoms with Gasteiger partial charge in [-0.1, -0.05) is 60.7 Å². The molecular formula is C21H14INO2S. The van der Waals surface area contributed by atoms with Crippen molar-refractivity contribution in [3.8, 4) is 0 Å². The van der Waals surface area contributed by atoms with Gasteiger partial charge in [0, 0.05) is 3.57 Å². The van der Waals surface area contributed by atoms with Gasteiger partial charge in [0.05, 0.1) is 11.4 Å². The summed E-state index contributed by atoms with van der Waals surface area (Å²) in [7, 11) is 0. The smallest absolute Gasteiger partial charge is 0.268 e. The topological polar surface area (TPSA) is 37.4 Å². The van der Waals surface area contributed by atoms with Crippen molar-refractivity contribution in [2.75, 3.05) is 0 Å². The van der Waals surface area contributed by atoms with E-state index in [2.05, 4.69) is 22.6 Å². The average molecular weight is 471 g/mol. The highest BCUT2D eigenvalue weighted by Gasteiger charge is 2.35. The van der Waals surface area contributed by atoms with E-state index in [0.29, 0.717) is 4.91 Å². The summed E-state index contributed by atoms with van der Waals surface area (Å²) in [6, 6.07) is 21.8. The molecule has 1 saturated heterocycles. The number of halogens is 1. The molecule has 3 nitrogen and oxygen atoms in total. The lowest BCUT2D eigenvalue weighted by Crippen LogP contribution is -2.27. The van der Waals surface area contributed by atoms with Gasteiger partial charge in [-0.3, -0.25) is 14.5 Å². The number of hydrogen-bond donors (Lipinski definition) is 0. The SMILES string of the molecule is O=C1S/C(=C\c2ccccc2I)C(=O)N1Cc1cccc2ccccc12. The molecule has 1 aliphatic rings. The standard InChI is InChI=1S/C21H14INO2S/c22-18-11-4-2-7-15(18)12-19-20(24)23(21(25)26-19)13-16-9-5-8-14-6-1-3-10-17(14)16/h1-12H,13H2/b19-12-. The number of imide groups is 1. The van der Waals surface area contributed by atoms with Gasteiger partial charge in [0.2, 0.25) is 0 Å². The first-order valence-electron chi connectivity index (χ1n) is 8.10. The minimum atomic E-state index is -0.229. The van der Waals surface area contributed by atoms with Crippen LogP contribution in [0.4, 0.5) is 4.79 Å². The molecule has 0 N–H and O–H groups in total. The van der Waals surface area contributed by atoms with E-state index in [4.69, 9.17) is 0 Å². The summed E-state index contributed by atoms with van der Waals surface area (Å²) < 4.78 is 1.05. The third-order valence-corrected chi connectivity index (χ3v) is 6.16. The number of carbonyl (C=O) groups excluding carboxylic acids is 2. The van der Waals surface area contributed by atoms with Gasteiger partial charge in [-0.05, 0) is 68.4 Å². The average Bonchev–Trinajstić information content (AvgIpc) is 2.91. The Bertz CT molecular complexity index is 1060. The van der Waals surface area contributed by atoms with Crippen molar-refractivity contribution in [3.63, 3.8) is 0 Å². The van der Waals surface area contributed by atoms with Crippen molar-refractivity contribution in [2.24, 2.45) is 0 Å². The first-order chi connectivity index (χ1) is 12.6. The Morgan fingerprint density at radius 1 is 0.923 bits per heavy atom. The molecule has 0 atom stereocenters. The molecule has 0 aromatic heterocycles. The Hall–Kier alpha value is -2.12. The quantitative estimate of drug-likeness (QED) is 0.365. The number of nitrogens with zero attached hydrogens (tertiary/aromatic N) is 1. The number of benzene rings is 3. The zero-order chi connectivity index (χ0) is 18.1. The zero-order valence-electron chi connectivity index (χ0n) is 13.7. The predicted molar refractivity (Wildman–Crippen MR) is 115 cm³/mol. The number of amides is 2. The lowest BCUT2D eigenvalue weighted by molar-refractivity contribution is -0.123. The molecule has 0 saturated carbocycles. The van der Waals surface area contributed by atoms with Gasteiger partial charge in [0.25, 0.3) is 11.1 Å². The fourth-order valence-corrected chi connectivity index (χ4v) is 4.34. The van der Waals surface area contributed by atoms with Crippen LogP contribution in [0.5, 0.6) is 0 Å². The van der Waals surface area contributed by atoms with Crippen LogP contribution < -0.4 is 0 Å². The molecule has 26 heavy (non-hydrogen) atoms. The van der Waals surface area contributed by atoms with E-state index in [1.54, 1.807) is 6.08 Å². The van der Waals surface area contributed by atoms with Crippen molar-refractivity contribution < 1.29 is 9.59 Å². The molecule has 5 heteroatoms. The molecule has 1 aliphatic heterocycles. The van der Waals surface area contributed by atoms with Crippen LogP contribution in [0.25, 0.3) is 16.8 Å². The number of thioether (sulfide) groups is 1.